The van der Waals surface area contributed by atoms with Crippen molar-refractivity contribution in [2.75, 3.05) is 19.0 Å². The Morgan fingerprint density at radius 3 is 3.27 bits per heavy atom. The zero-order chi connectivity index (χ0) is 10.7. The third-order valence-corrected chi connectivity index (χ3v) is 3.87. The Bertz CT molecular complexity index is 328. The lowest BCUT2D eigenvalue weighted by Gasteiger charge is -2.31. The van der Waals surface area contributed by atoms with Crippen molar-refractivity contribution in [2.24, 2.45) is 5.92 Å². The Labute approximate surface area is 98.1 Å². The number of hydrogen-bond donors (Lipinski definition) is 0. The van der Waals surface area contributed by atoms with Gasteiger partial charge >= 0.3 is 0 Å². The zero-order valence-electron chi connectivity index (χ0n) is 8.36. The van der Waals surface area contributed by atoms with Gasteiger partial charge < -0.3 is 4.90 Å². The SMILES string of the molecule is O=C(c1cncs1)N1CCCC(CCl)C1. The number of amides is 1. The molecule has 1 aromatic heterocycles. The van der Waals surface area contributed by atoms with E-state index in [0.29, 0.717) is 11.8 Å². The zero-order valence-corrected chi connectivity index (χ0v) is 9.93. The van der Waals surface area contributed by atoms with Crippen LogP contribution >= 0.6 is 22.9 Å². The topological polar surface area (TPSA) is 33.2 Å². The largest absolute Gasteiger partial charge is 0.338 e. The van der Waals surface area contributed by atoms with E-state index in [-0.39, 0.29) is 5.91 Å². The van der Waals surface area contributed by atoms with E-state index in [2.05, 4.69) is 4.98 Å². The van der Waals surface area contributed by atoms with Gasteiger partial charge in [0.05, 0.1) is 11.7 Å². The fourth-order valence-electron chi connectivity index (χ4n) is 1.85. The summed E-state index contributed by atoms with van der Waals surface area (Å²) in [5.74, 6) is 1.21. The lowest BCUT2D eigenvalue weighted by molar-refractivity contribution is 0.0689. The molecule has 0 saturated carbocycles. The minimum atomic E-state index is 0.104. The molecule has 0 bridgehead atoms. The molecule has 0 radical (unpaired) electrons. The van der Waals surface area contributed by atoms with Crippen molar-refractivity contribution in [3.8, 4) is 0 Å². The van der Waals surface area contributed by atoms with E-state index in [1.165, 1.54) is 11.3 Å². The van der Waals surface area contributed by atoms with Gasteiger partial charge in [-0.25, -0.2) is 0 Å². The van der Waals surface area contributed by atoms with Crippen LogP contribution in [0.3, 0.4) is 0 Å². The summed E-state index contributed by atoms with van der Waals surface area (Å²) in [5.41, 5.74) is 1.69. The smallest absolute Gasteiger partial charge is 0.265 e. The molecule has 1 aliphatic heterocycles. The lowest BCUT2D eigenvalue weighted by Crippen LogP contribution is -2.40. The number of aromatic nitrogens is 1. The number of thiazole rings is 1. The van der Waals surface area contributed by atoms with Gasteiger partial charge in [-0.05, 0) is 18.8 Å². The van der Waals surface area contributed by atoms with Crippen LogP contribution in [0.2, 0.25) is 0 Å². The maximum atomic E-state index is 12.0. The number of carbonyl (C=O) groups excluding carboxylic acids is 1. The van der Waals surface area contributed by atoms with Crippen LogP contribution in [0.15, 0.2) is 11.7 Å². The monoisotopic (exact) mass is 244 g/mol. The molecule has 0 spiro atoms. The van der Waals surface area contributed by atoms with Crippen LogP contribution in [-0.4, -0.2) is 34.8 Å². The number of piperidine rings is 1. The van der Waals surface area contributed by atoms with Crippen LogP contribution in [0.25, 0.3) is 0 Å². The van der Waals surface area contributed by atoms with Gasteiger partial charge in [-0.3, -0.25) is 9.78 Å². The molecule has 1 saturated heterocycles. The molecular formula is C10H13ClN2OS. The van der Waals surface area contributed by atoms with Gasteiger partial charge in [0, 0.05) is 19.0 Å². The van der Waals surface area contributed by atoms with Crippen molar-refractivity contribution in [2.45, 2.75) is 12.8 Å². The average Bonchev–Trinajstić information content (AvgIpc) is 2.81. The third kappa shape index (κ3) is 2.49. The Morgan fingerprint density at radius 1 is 1.73 bits per heavy atom. The van der Waals surface area contributed by atoms with E-state index in [0.717, 1.165) is 30.8 Å². The number of rotatable bonds is 2. The van der Waals surface area contributed by atoms with Crippen LogP contribution in [0, 0.1) is 5.92 Å². The highest BCUT2D eigenvalue weighted by Crippen LogP contribution is 2.20. The predicted octanol–water partition coefficient (Wildman–Crippen LogP) is 2.23. The molecule has 0 N–H and O–H groups in total. The quantitative estimate of drug-likeness (QED) is 0.748. The van der Waals surface area contributed by atoms with Crippen LogP contribution in [0.5, 0.6) is 0 Å². The maximum absolute atomic E-state index is 12.0. The van der Waals surface area contributed by atoms with Gasteiger partial charge in [0.2, 0.25) is 0 Å². The molecule has 1 atom stereocenters. The number of nitrogens with zero attached hydrogens (tertiary/aromatic N) is 2. The van der Waals surface area contributed by atoms with Gasteiger partial charge in [0.25, 0.3) is 5.91 Å². The van der Waals surface area contributed by atoms with E-state index in [4.69, 9.17) is 11.6 Å². The van der Waals surface area contributed by atoms with Crippen molar-refractivity contribution in [1.82, 2.24) is 9.88 Å². The van der Waals surface area contributed by atoms with Crippen molar-refractivity contribution >= 4 is 28.8 Å². The Balaban J connectivity index is 2.01. The summed E-state index contributed by atoms with van der Waals surface area (Å²) in [6.45, 7) is 1.64. The lowest BCUT2D eigenvalue weighted by atomic mass is 10.00. The third-order valence-electron chi connectivity index (χ3n) is 2.67. The van der Waals surface area contributed by atoms with Gasteiger partial charge in [-0.15, -0.1) is 22.9 Å². The molecular weight excluding hydrogens is 232 g/mol. The molecule has 82 valence electrons. The number of hydrogen-bond acceptors (Lipinski definition) is 3. The average molecular weight is 245 g/mol. The summed E-state index contributed by atoms with van der Waals surface area (Å²) >= 11 is 7.23. The Kier molecular flexibility index (Phi) is 3.59. The highest BCUT2D eigenvalue weighted by atomic mass is 35.5. The van der Waals surface area contributed by atoms with Crippen LogP contribution in [0.1, 0.15) is 22.5 Å². The molecule has 1 unspecified atom stereocenters. The standard InChI is InChI=1S/C10H13ClN2OS/c11-4-8-2-1-3-13(6-8)10(14)9-5-12-7-15-9/h5,7-8H,1-4,6H2. The Morgan fingerprint density at radius 2 is 2.60 bits per heavy atom. The first-order chi connectivity index (χ1) is 7.31. The second kappa shape index (κ2) is 4.94. The van der Waals surface area contributed by atoms with Crippen LogP contribution in [0.4, 0.5) is 0 Å². The van der Waals surface area contributed by atoms with Gasteiger partial charge in [-0.2, -0.15) is 0 Å². The molecule has 2 rings (SSSR count). The molecule has 2 heterocycles. The number of alkyl halides is 1. The van der Waals surface area contributed by atoms with E-state index in [9.17, 15) is 4.79 Å². The molecule has 1 amide bonds. The highest BCUT2D eigenvalue weighted by molar-refractivity contribution is 7.11. The first-order valence-electron chi connectivity index (χ1n) is 5.05. The fraction of sp³-hybridized carbons (Fsp3) is 0.600. The van der Waals surface area contributed by atoms with Gasteiger partial charge in [0.15, 0.2) is 0 Å². The summed E-state index contributed by atoms with van der Waals surface area (Å²) in [7, 11) is 0. The van der Waals surface area contributed by atoms with E-state index >= 15 is 0 Å². The number of halogens is 1. The molecule has 1 aliphatic rings. The second-order valence-electron chi connectivity index (χ2n) is 3.78. The van der Waals surface area contributed by atoms with Gasteiger partial charge in [0.1, 0.15) is 4.88 Å². The summed E-state index contributed by atoms with van der Waals surface area (Å²) < 4.78 is 0. The fourth-order valence-corrected chi connectivity index (χ4v) is 2.69. The maximum Gasteiger partial charge on any atom is 0.265 e. The molecule has 15 heavy (non-hydrogen) atoms. The van der Waals surface area contributed by atoms with Crippen molar-refractivity contribution in [3.05, 3.63) is 16.6 Å². The molecule has 3 nitrogen and oxygen atoms in total. The molecule has 0 aliphatic carbocycles. The predicted molar refractivity (Wildman–Crippen MR) is 61.5 cm³/mol. The van der Waals surface area contributed by atoms with Crippen molar-refractivity contribution < 1.29 is 4.79 Å². The summed E-state index contributed by atoms with van der Waals surface area (Å²) in [6.07, 6.45) is 3.83. The van der Waals surface area contributed by atoms with Crippen LogP contribution < -0.4 is 0 Å². The van der Waals surface area contributed by atoms with E-state index in [1.54, 1.807) is 11.7 Å². The van der Waals surface area contributed by atoms with E-state index in [1.807, 2.05) is 4.90 Å². The molecule has 1 aromatic rings. The first-order valence-corrected chi connectivity index (χ1v) is 6.46. The normalized spacial score (nSPS) is 21.7. The second-order valence-corrected chi connectivity index (χ2v) is 4.97. The minimum Gasteiger partial charge on any atom is -0.338 e. The number of likely N-dealkylation sites (tertiary alicyclic amines) is 1. The Hall–Kier alpha value is -0.610. The van der Waals surface area contributed by atoms with E-state index < -0.39 is 0 Å². The highest BCUT2D eigenvalue weighted by Gasteiger charge is 2.24. The van der Waals surface area contributed by atoms with Crippen LogP contribution in [-0.2, 0) is 0 Å². The summed E-state index contributed by atoms with van der Waals surface area (Å²) in [6, 6.07) is 0. The first kappa shape index (κ1) is 10.9. The molecule has 5 heteroatoms. The molecule has 1 fully saturated rings. The minimum absolute atomic E-state index is 0.104. The van der Waals surface area contributed by atoms with Crippen molar-refractivity contribution in [3.63, 3.8) is 0 Å². The summed E-state index contributed by atoms with van der Waals surface area (Å²) in [4.78, 5) is 18.5. The van der Waals surface area contributed by atoms with Crippen molar-refractivity contribution in [1.29, 1.82) is 0 Å². The summed E-state index contributed by atoms with van der Waals surface area (Å²) in [5, 5.41) is 0. The molecule has 0 aromatic carbocycles. The van der Waals surface area contributed by atoms with Gasteiger partial charge in [-0.1, -0.05) is 0 Å². The number of carbonyl (C=O) groups is 1.